The first kappa shape index (κ1) is 20.2. The van der Waals surface area contributed by atoms with Gasteiger partial charge in [0.25, 0.3) is 5.91 Å². The lowest BCUT2D eigenvalue weighted by Crippen LogP contribution is -2.51. The third-order valence-electron chi connectivity index (χ3n) is 5.09. The molecule has 0 saturated heterocycles. The zero-order valence-corrected chi connectivity index (χ0v) is 17.4. The number of nitrogens with zero attached hydrogens (tertiary/aromatic N) is 1. The molecule has 3 rings (SSSR count). The lowest BCUT2D eigenvalue weighted by atomic mass is 9.99. The third kappa shape index (κ3) is 4.14. The molecule has 7 heteroatoms. The van der Waals surface area contributed by atoms with Crippen LogP contribution in [0.4, 0.5) is 5.69 Å². The van der Waals surface area contributed by atoms with Crippen molar-refractivity contribution in [1.82, 2.24) is 5.32 Å². The lowest BCUT2D eigenvalue weighted by Gasteiger charge is -2.34. The van der Waals surface area contributed by atoms with E-state index in [0.29, 0.717) is 17.9 Å². The molecular weight excluding hydrogens is 376 g/mol. The number of para-hydroxylation sites is 2. The first-order valence-electron chi connectivity index (χ1n) is 9.31. The molecule has 28 heavy (non-hydrogen) atoms. The second-order valence-corrected chi connectivity index (χ2v) is 9.09. The molecule has 1 N–H and O–H groups in total. The number of fused-ring (bicyclic) bond motifs is 1. The van der Waals surface area contributed by atoms with E-state index >= 15 is 0 Å². The minimum atomic E-state index is -3.53. The van der Waals surface area contributed by atoms with Crippen molar-refractivity contribution in [1.29, 1.82) is 0 Å². The highest BCUT2D eigenvalue weighted by Gasteiger charge is 2.35. The van der Waals surface area contributed by atoms with E-state index < -0.39 is 16.1 Å². The van der Waals surface area contributed by atoms with Crippen molar-refractivity contribution in [2.75, 3.05) is 17.1 Å². The molecule has 6 nitrogen and oxygen atoms in total. The fraction of sp³-hybridized carbons (Fsp3) is 0.381. The Hall–Kier alpha value is -2.54. The summed E-state index contributed by atoms with van der Waals surface area (Å²) >= 11 is 0. The van der Waals surface area contributed by atoms with Crippen molar-refractivity contribution in [2.45, 2.75) is 39.3 Å². The Morgan fingerprint density at radius 3 is 2.57 bits per heavy atom. The zero-order chi connectivity index (χ0) is 20.5. The molecule has 0 fully saturated rings. The summed E-state index contributed by atoms with van der Waals surface area (Å²) < 4.78 is 31.5. The highest BCUT2D eigenvalue weighted by molar-refractivity contribution is 7.92. The van der Waals surface area contributed by atoms with Gasteiger partial charge in [-0.2, -0.15) is 0 Å². The SMILES string of the molecule is CC[C@H](NC(=O)[C@H]1CN(S(C)(=O)=O)c2ccccc2O1)c1ccc(C)c(C)c1. The molecule has 0 saturated carbocycles. The number of carbonyl (C=O) groups is 1. The van der Waals surface area contributed by atoms with Crippen LogP contribution < -0.4 is 14.4 Å². The van der Waals surface area contributed by atoms with Gasteiger partial charge in [-0.3, -0.25) is 9.10 Å². The summed E-state index contributed by atoms with van der Waals surface area (Å²) in [7, 11) is -3.53. The maximum atomic E-state index is 12.9. The second kappa shape index (κ2) is 7.83. The summed E-state index contributed by atoms with van der Waals surface area (Å²) in [6.07, 6.45) is 0.937. The van der Waals surface area contributed by atoms with E-state index in [1.807, 2.05) is 32.9 Å². The number of hydrogen-bond acceptors (Lipinski definition) is 4. The molecular formula is C21H26N2O4S. The number of carbonyl (C=O) groups excluding carboxylic acids is 1. The number of sulfonamides is 1. The minimum absolute atomic E-state index is 0.0506. The molecule has 0 aromatic heterocycles. The molecule has 0 aliphatic carbocycles. The molecule has 2 aromatic carbocycles. The topological polar surface area (TPSA) is 75.7 Å². The number of nitrogens with one attached hydrogen (secondary N) is 1. The summed E-state index contributed by atoms with van der Waals surface area (Å²) in [6.45, 7) is 6.04. The minimum Gasteiger partial charge on any atom is -0.476 e. The van der Waals surface area contributed by atoms with Crippen LogP contribution >= 0.6 is 0 Å². The molecule has 0 spiro atoms. The lowest BCUT2D eigenvalue weighted by molar-refractivity contribution is -0.128. The second-order valence-electron chi connectivity index (χ2n) is 7.18. The van der Waals surface area contributed by atoms with Gasteiger partial charge in [0, 0.05) is 0 Å². The average Bonchev–Trinajstić information content (AvgIpc) is 2.66. The summed E-state index contributed by atoms with van der Waals surface area (Å²) in [5.41, 5.74) is 3.84. The van der Waals surface area contributed by atoms with Crippen LogP contribution in [0.15, 0.2) is 42.5 Å². The van der Waals surface area contributed by atoms with Crippen LogP contribution in [0.2, 0.25) is 0 Å². The van der Waals surface area contributed by atoms with E-state index in [0.717, 1.165) is 17.4 Å². The Morgan fingerprint density at radius 2 is 1.93 bits per heavy atom. The standard InChI is InChI=1S/C21H26N2O4S/c1-5-17(16-11-10-14(2)15(3)12-16)22-21(24)20-13-23(28(4,25)26)18-8-6-7-9-19(18)27-20/h6-12,17,20H,5,13H2,1-4H3,(H,22,24)/t17-,20+/m0/s1. The number of hydrogen-bond donors (Lipinski definition) is 1. The summed E-state index contributed by atoms with van der Waals surface area (Å²) in [6, 6.07) is 12.8. The molecule has 2 atom stereocenters. The molecule has 1 heterocycles. The highest BCUT2D eigenvalue weighted by Crippen LogP contribution is 2.34. The molecule has 1 amide bonds. The van der Waals surface area contributed by atoms with Crippen LogP contribution in [-0.4, -0.2) is 33.2 Å². The summed E-state index contributed by atoms with van der Waals surface area (Å²) in [5, 5.41) is 3.02. The van der Waals surface area contributed by atoms with Gasteiger partial charge in [0.05, 0.1) is 24.5 Å². The van der Waals surface area contributed by atoms with Crippen molar-refractivity contribution in [2.24, 2.45) is 0 Å². The Bertz CT molecular complexity index is 988. The molecule has 0 radical (unpaired) electrons. The summed E-state index contributed by atoms with van der Waals surface area (Å²) in [4.78, 5) is 12.9. The number of aryl methyl sites for hydroxylation is 2. The number of amides is 1. The van der Waals surface area contributed by atoms with Gasteiger partial charge in [-0.25, -0.2) is 8.42 Å². The van der Waals surface area contributed by atoms with Gasteiger partial charge in [0.15, 0.2) is 6.10 Å². The Labute approximate surface area is 166 Å². The predicted molar refractivity (Wildman–Crippen MR) is 110 cm³/mol. The predicted octanol–water partition coefficient (Wildman–Crippen LogP) is 3.10. The molecule has 0 bridgehead atoms. The van der Waals surface area contributed by atoms with Gasteiger partial charge >= 0.3 is 0 Å². The maximum Gasteiger partial charge on any atom is 0.263 e. The van der Waals surface area contributed by atoms with Crippen LogP contribution in [0.25, 0.3) is 0 Å². The molecule has 0 unspecified atom stereocenters. The Kier molecular flexibility index (Phi) is 5.65. The van der Waals surface area contributed by atoms with Crippen LogP contribution in [0.1, 0.15) is 36.1 Å². The largest absolute Gasteiger partial charge is 0.476 e. The van der Waals surface area contributed by atoms with E-state index in [1.54, 1.807) is 24.3 Å². The zero-order valence-electron chi connectivity index (χ0n) is 16.6. The van der Waals surface area contributed by atoms with Crippen LogP contribution in [0.5, 0.6) is 5.75 Å². The number of anilines is 1. The van der Waals surface area contributed by atoms with E-state index in [2.05, 4.69) is 11.4 Å². The number of ether oxygens (including phenoxy) is 1. The molecule has 2 aromatic rings. The average molecular weight is 403 g/mol. The van der Waals surface area contributed by atoms with Crippen LogP contribution in [0.3, 0.4) is 0 Å². The maximum absolute atomic E-state index is 12.9. The van der Waals surface area contributed by atoms with Gasteiger partial charge in [-0.1, -0.05) is 37.3 Å². The fourth-order valence-corrected chi connectivity index (χ4v) is 4.23. The van der Waals surface area contributed by atoms with Gasteiger partial charge in [0.1, 0.15) is 5.75 Å². The smallest absolute Gasteiger partial charge is 0.263 e. The number of rotatable bonds is 5. The van der Waals surface area contributed by atoms with E-state index in [9.17, 15) is 13.2 Å². The quantitative estimate of drug-likeness (QED) is 0.834. The van der Waals surface area contributed by atoms with Gasteiger partial charge < -0.3 is 10.1 Å². The highest BCUT2D eigenvalue weighted by atomic mass is 32.2. The Morgan fingerprint density at radius 1 is 1.21 bits per heavy atom. The first-order valence-corrected chi connectivity index (χ1v) is 11.2. The van der Waals surface area contributed by atoms with Gasteiger partial charge in [-0.05, 0) is 49.1 Å². The van der Waals surface area contributed by atoms with Crippen molar-refractivity contribution in [3.8, 4) is 5.75 Å². The van der Waals surface area contributed by atoms with Crippen molar-refractivity contribution < 1.29 is 17.9 Å². The summed E-state index contributed by atoms with van der Waals surface area (Å²) in [5.74, 6) is 0.0618. The molecule has 150 valence electrons. The fourth-order valence-electron chi connectivity index (χ4n) is 3.32. The Balaban J connectivity index is 1.83. The number of benzene rings is 2. The van der Waals surface area contributed by atoms with E-state index in [-0.39, 0.29) is 18.5 Å². The normalized spacial score (nSPS) is 17.4. The molecule has 1 aliphatic rings. The van der Waals surface area contributed by atoms with Crippen LogP contribution in [-0.2, 0) is 14.8 Å². The van der Waals surface area contributed by atoms with Gasteiger partial charge in [-0.15, -0.1) is 0 Å². The van der Waals surface area contributed by atoms with Crippen molar-refractivity contribution in [3.63, 3.8) is 0 Å². The van der Waals surface area contributed by atoms with E-state index in [4.69, 9.17) is 4.74 Å². The first-order chi connectivity index (χ1) is 13.2. The van der Waals surface area contributed by atoms with Gasteiger partial charge in [0.2, 0.25) is 10.0 Å². The van der Waals surface area contributed by atoms with Crippen molar-refractivity contribution in [3.05, 3.63) is 59.2 Å². The third-order valence-corrected chi connectivity index (χ3v) is 6.23. The molecule has 1 aliphatic heterocycles. The van der Waals surface area contributed by atoms with E-state index in [1.165, 1.54) is 9.87 Å². The van der Waals surface area contributed by atoms with Crippen LogP contribution in [0, 0.1) is 13.8 Å². The monoisotopic (exact) mass is 402 g/mol. The van der Waals surface area contributed by atoms with Crippen molar-refractivity contribution >= 4 is 21.6 Å².